The Balaban J connectivity index is 1.89. The Morgan fingerprint density at radius 2 is 1.30 bits per heavy atom. The first kappa shape index (κ1) is 30.7. The van der Waals surface area contributed by atoms with Crippen LogP contribution in [0.5, 0.6) is 11.5 Å². The highest BCUT2D eigenvalue weighted by Crippen LogP contribution is 2.49. The third kappa shape index (κ3) is 6.63. The summed E-state index contributed by atoms with van der Waals surface area (Å²) < 4.78 is 63.3. The molecule has 1 saturated carbocycles. The van der Waals surface area contributed by atoms with Crippen LogP contribution in [0, 0.1) is 0 Å². The fourth-order valence-electron chi connectivity index (χ4n) is 5.50. The van der Waals surface area contributed by atoms with E-state index in [0.717, 1.165) is 11.1 Å². The maximum atomic E-state index is 13.8. The van der Waals surface area contributed by atoms with Crippen molar-refractivity contribution in [3.8, 4) is 11.5 Å². The van der Waals surface area contributed by atoms with Gasteiger partial charge in [0, 0.05) is 40.9 Å². The third-order valence-electron chi connectivity index (χ3n) is 6.87. The zero-order chi connectivity index (χ0) is 28.9. The number of ether oxygens (including phenoxy) is 11. The summed E-state index contributed by atoms with van der Waals surface area (Å²) in [6, 6.07) is 3.20. The molecule has 1 amide bonds. The Morgan fingerprint density at radius 3 is 1.85 bits per heavy atom. The highest BCUT2D eigenvalue weighted by Gasteiger charge is 2.59. The second-order valence-electron chi connectivity index (χ2n) is 10.7. The zero-order valence-electron chi connectivity index (χ0n) is 24.2. The topological polar surface area (TPSA) is 122 Å². The molecule has 4 rings (SSSR count). The van der Waals surface area contributed by atoms with Crippen molar-refractivity contribution < 1.29 is 56.9 Å². The molecule has 0 radical (unpaired) electrons. The quantitative estimate of drug-likeness (QED) is 0.343. The van der Waals surface area contributed by atoms with Gasteiger partial charge in [-0.25, -0.2) is 4.79 Å². The minimum atomic E-state index is -0.756. The number of fused-ring (bicyclic) bond motifs is 4. The molecule has 6 atom stereocenters. The standard InChI is InChI=1S/C27H41NO12/c1-27(2,3)40-26(29)28-10-16-8-18-19(35-15-34-18)9-17(16)20-21(28)23(37-12-31-5)25(39-14-33-7)24(38-13-32-6)22(20)36-11-30-4/h8-9,20-25H,10-15H2,1-7H3/t20-,21+,22-,23-,24-,25-/m0/s1. The van der Waals surface area contributed by atoms with Gasteiger partial charge in [-0.2, -0.15) is 0 Å². The van der Waals surface area contributed by atoms with Gasteiger partial charge in [0.25, 0.3) is 0 Å². The van der Waals surface area contributed by atoms with Gasteiger partial charge in [-0.3, -0.25) is 4.90 Å². The van der Waals surface area contributed by atoms with Gasteiger partial charge in [0.1, 0.15) is 51.1 Å². The molecule has 0 bridgehead atoms. The predicted molar refractivity (Wildman–Crippen MR) is 138 cm³/mol. The maximum absolute atomic E-state index is 13.8. The van der Waals surface area contributed by atoms with Crippen LogP contribution >= 0.6 is 0 Å². The van der Waals surface area contributed by atoms with E-state index in [9.17, 15) is 4.79 Å². The minimum absolute atomic E-state index is 0.0341. The van der Waals surface area contributed by atoms with Crippen molar-refractivity contribution >= 4 is 6.09 Å². The van der Waals surface area contributed by atoms with Gasteiger partial charge in [-0.15, -0.1) is 0 Å². The van der Waals surface area contributed by atoms with Gasteiger partial charge >= 0.3 is 6.09 Å². The van der Waals surface area contributed by atoms with Gasteiger partial charge in [0.05, 0.1) is 12.1 Å². The van der Waals surface area contributed by atoms with Gasteiger partial charge < -0.3 is 52.1 Å². The molecule has 1 aliphatic carbocycles. The summed E-state index contributed by atoms with van der Waals surface area (Å²) >= 11 is 0. The largest absolute Gasteiger partial charge is 0.454 e. The molecule has 0 spiro atoms. The van der Waals surface area contributed by atoms with E-state index in [1.54, 1.807) is 4.90 Å². The van der Waals surface area contributed by atoms with Crippen LogP contribution in [0.15, 0.2) is 12.1 Å². The molecule has 13 nitrogen and oxygen atoms in total. The summed E-state index contributed by atoms with van der Waals surface area (Å²) in [6.07, 6.45) is -3.40. The number of amides is 1. The van der Waals surface area contributed by atoms with Crippen LogP contribution in [-0.2, 0) is 49.2 Å². The summed E-state index contributed by atoms with van der Waals surface area (Å²) in [7, 11) is 6.11. The summed E-state index contributed by atoms with van der Waals surface area (Å²) in [5.74, 6) is 0.731. The molecule has 1 aromatic carbocycles. The van der Waals surface area contributed by atoms with Crippen molar-refractivity contribution in [2.45, 2.75) is 69.3 Å². The molecule has 1 aromatic rings. The first-order valence-electron chi connectivity index (χ1n) is 13.1. The molecule has 0 saturated heterocycles. The number of carbonyl (C=O) groups is 1. The van der Waals surface area contributed by atoms with Gasteiger partial charge in [-0.05, 0) is 44.0 Å². The van der Waals surface area contributed by atoms with Crippen molar-refractivity contribution in [3.63, 3.8) is 0 Å². The number of hydrogen-bond acceptors (Lipinski definition) is 12. The Morgan fingerprint density at radius 1 is 0.800 bits per heavy atom. The molecule has 0 N–H and O–H groups in total. The van der Waals surface area contributed by atoms with E-state index in [4.69, 9.17) is 52.1 Å². The third-order valence-corrected chi connectivity index (χ3v) is 6.87. The monoisotopic (exact) mass is 571 g/mol. The van der Waals surface area contributed by atoms with Gasteiger partial charge in [-0.1, -0.05) is 0 Å². The second kappa shape index (κ2) is 13.6. The van der Waals surface area contributed by atoms with Crippen LogP contribution in [0.2, 0.25) is 0 Å². The van der Waals surface area contributed by atoms with Crippen LogP contribution < -0.4 is 9.47 Å². The molecule has 1 fully saturated rings. The lowest BCUT2D eigenvalue weighted by atomic mass is 9.69. The zero-order valence-corrected chi connectivity index (χ0v) is 24.2. The highest BCUT2D eigenvalue weighted by molar-refractivity contribution is 5.70. The van der Waals surface area contributed by atoms with Crippen LogP contribution in [-0.4, -0.2) is 109 Å². The lowest BCUT2D eigenvalue weighted by molar-refractivity contribution is -0.275. The predicted octanol–water partition coefficient (Wildman–Crippen LogP) is 2.59. The molecule has 3 aliphatic rings. The number of carbonyl (C=O) groups excluding carboxylic acids is 1. The van der Waals surface area contributed by atoms with E-state index in [-0.39, 0.29) is 40.5 Å². The van der Waals surface area contributed by atoms with E-state index in [1.807, 2.05) is 32.9 Å². The molecule has 2 aliphatic heterocycles. The average molecular weight is 572 g/mol. The molecular formula is C27H41NO12. The van der Waals surface area contributed by atoms with E-state index in [2.05, 4.69) is 0 Å². The average Bonchev–Trinajstić information content (AvgIpc) is 3.37. The molecule has 0 aromatic heterocycles. The Kier molecular flexibility index (Phi) is 10.5. The highest BCUT2D eigenvalue weighted by atomic mass is 16.7. The Bertz CT molecular complexity index is 985. The van der Waals surface area contributed by atoms with Crippen molar-refractivity contribution in [3.05, 3.63) is 23.3 Å². The van der Waals surface area contributed by atoms with Crippen molar-refractivity contribution in [2.24, 2.45) is 0 Å². The maximum Gasteiger partial charge on any atom is 0.410 e. The number of hydrogen-bond donors (Lipinski definition) is 0. The van der Waals surface area contributed by atoms with Crippen LogP contribution in [0.3, 0.4) is 0 Å². The minimum Gasteiger partial charge on any atom is -0.454 e. The lowest BCUT2D eigenvalue weighted by Gasteiger charge is -2.55. The van der Waals surface area contributed by atoms with Crippen LogP contribution in [0.1, 0.15) is 37.8 Å². The number of methoxy groups -OCH3 is 4. The van der Waals surface area contributed by atoms with Crippen molar-refractivity contribution in [1.29, 1.82) is 0 Å². The van der Waals surface area contributed by atoms with Crippen LogP contribution in [0.4, 0.5) is 4.79 Å². The van der Waals surface area contributed by atoms with Crippen molar-refractivity contribution in [2.75, 3.05) is 62.4 Å². The molecular weight excluding hydrogens is 530 g/mol. The smallest absolute Gasteiger partial charge is 0.410 e. The van der Waals surface area contributed by atoms with E-state index >= 15 is 0 Å². The number of rotatable bonds is 12. The summed E-state index contributed by atoms with van der Waals surface area (Å²) in [5.41, 5.74) is 1.02. The summed E-state index contributed by atoms with van der Waals surface area (Å²) in [4.78, 5) is 15.5. The molecule has 13 heteroatoms. The van der Waals surface area contributed by atoms with Crippen LogP contribution in [0.25, 0.3) is 0 Å². The molecule has 2 heterocycles. The molecule has 40 heavy (non-hydrogen) atoms. The summed E-state index contributed by atoms with van der Waals surface area (Å²) in [5, 5.41) is 0. The first-order chi connectivity index (χ1) is 19.2. The summed E-state index contributed by atoms with van der Waals surface area (Å²) in [6.45, 7) is 5.61. The SMILES string of the molecule is COCO[C@@H]1[C@@H](OCOC)[C@@H](OCOC)[C@H]2[C@H](c3cc4c(cc3CN2C(=O)OC(C)(C)C)OCO4)[C@@H]1OCOC. The normalized spacial score (nSPS) is 27.3. The first-order valence-corrected chi connectivity index (χ1v) is 13.1. The van der Waals surface area contributed by atoms with Crippen molar-refractivity contribution in [1.82, 2.24) is 4.90 Å². The number of benzene rings is 1. The Hall–Kier alpha value is -2.23. The van der Waals surface area contributed by atoms with E-state index in [0.29, 0.717) is 11.5 Å². The fourth-order valence-corrected chi connectivity index (χ4v) is 5.50. The fraction of sp³-hybridized carbons (Fsp3) is 0.741. The van der Waals surface area contributed by atoms with E-state index < -0.39 is 48.1 Å². The Labute approximate surface area is 234 Å². The van der Waals surface area contributed by atoms with Gasteiger partial charge in [0.15, 0.2) is 11.5 Å². The van der Waals surface area contributed by atoms with Gasteiger partial charge in [0.2, 0.25) is 6.79 Å². The molecule has 0 unspecified atom stereocenters. The van der Waals surface area contributed by atoms with E-state index in [1.165, 1.54) is 28.4 Å². The molecule has 226 valence electrons. The number of nitrogens with zero attached hydrogens (tertiary/aromatic N) is 1. The lowest BCUT2D eigenvalue weighted by Crippen LogP contribution is -2.69. The second-order valence-corrected chi connectivity index (χ2v) is 10.7.